The van der Waals surface area contributed by atoms with Gasteiger partial charge in [0.25, 0.3) is 0 Å². The molecule has 1 atom stereocenters. The van der Waals surface area contributed by atoms with Crippen molar-refractivity contribution in [3.05, 3.63) is 12.7 Å². The molecule has 0 aliphatic rings. The molecule has 0 rings (SSSR count). The summed E-state index contributed by atoms with van der Waals surface area (Å²) in [5.74, 6) is -0.704. The predicted octanol–water partition coefficient (Wildman–Crippen LogP) is 1.48. The van der Waals surface area contributed by atoms with Crippen LogP contribution in [0.2, 0.25) is 0 Å². The zero-order valence-electron chi connectivity index (χ0n) is 8.70. The van der Waals surface area contributed by atoms with Gasteiger partial charge in [0.05, 0.1) is 0 Å². The van der Waals surface area contributed by atoms with Gasteiger partial charge in [-0.25, -0.2) is 10.3 Å². The molecule has 0 heterocycles. The second-order valence-corrected chi connectivity index (χ2v) is 3.93. The third-order valence-electron chi connectivity index (χ3n) is 2.00. The minimum Gasteiger partial charge on any atom is -0.429 e. The fourth-order valence-electron chi connectivity index (χ4n) is 0.856. The van der Waals surface area contributed by atoms with Gasteiger partial charge in [0.15, 0.2) is 0 Å². The largest absolute Gasteiger partial charge is 0.429 e. The normalized spacial score (nSPS) is 15.4. The molecule has 0 saturated heterocycles. The average molecular weight is 200 g/mol. The van der Waals surface area contributed by atoms with Crippen molar-refractivity contribution in [1.82, 2.24) is 0 Å². The summed E-state index contributed by atoms with van der Waals surface area (Å²) in [6, 6.07) is 0. The number of hydrogen-bond acceptors (Lipinski definition) is 5. The molecule has 1 unspecified atom stereocenters. The van der Waals surface area contributed by atoms with Gasteiger partial charge >= 0.3 is 5.97 Å². The van der Waals surface area contributed by atoms with Crippen molar-refractivity contribution in [2.45, 2.75) is 26.5 Å². The molecule has 0 fully saturated rings. The van der Waals surface area contributed by atoms with E-state index in [1.165, 1.54) is 0 Å². The Morgan fingerprint density at radius 3 is 2.36 bits per heavy atom. The molecule has 5 nitrogen and oxygen atoms in total. The molecule has 5 heteroatoms. The highest BCUT2D eigenvalue weighted by atomic mass is 16.6. The number of aliphatic hydroxyl groups excluding tert-OH is 1. The van der Waals surface area contributed by atoms with Gasteiger partial charge in [-0.05, 0) is 0 Å². The quantitative estimate of drug-likeness (QED) is 0.409. The van der Waals surface area contributed by atoms with Crippen LogP contribution in [-0.2, 0) is 9.53 Å². The van der Waals surface area contributed by atoms with Crippen LogP contribution in [0.25, 0.3) is 0 Å². The first-order valence-electron chi connectivity index (χ1n) is 4.18. The summed E-state index contributed by atoms with van der Waals surface area (Å²) in [6.45, 7) is 7.87. The minimum atomic E-state index is -1.53. The Hall–Kier alpha value is -1.23. The van der Waals surface area contributed by atoms with Crippen LogP contribution in [0.4, 0.5) is 0 Å². The first-order chi connectivity index (χ1) is 6.33. The zero-order chi connectivity index (χ0) is 11.4. The predicted molar refractivity (Wildman–Crippen MR) is 50.7 cm³/mol. The van der Waals surface area contributed by atoms with E-state index >= 15 is 0 Å². The monoisotopic (exact) mass is 200 g/mol. The summed E-state index contributed by atoms with van der Waals surface area (Å²) in [5, 5.41) is 12.3. The van der Waals surface area contributed by atoms with E-state index in [0.29, 0.717) is 0 Å². The molecule has 0 radical (unpaired) electrons. The third-order valence-corrected chi connectivity index (χ3v) is 2.00. The number of hydrogen-bond donors (Lipinski definition) is 2. The van der Waals surface area contributed by atoms with E-state index in [-0.39, 0.29) is 0 Å². The smallest absolute Gasteiger partial charge is 0.332 e. The molecule has 0 aromatic carbocycles. The molecule has 0 aromatic heterocycles. The Morgan fingerprint density at radius 2 is 2.14 bits per heavy atom. The number of aliphatic hydroxyl groups is 1. The maximum Gasteiger partial charge on any atom is 0.332 e. The number of nitrogens with one attached hydrogen (secondary N) is 1. The lowest BCUT2D eigenvalue weighted by Gasteiger charge is -2.37. The van der Waals surface area contributed by atoms with E-state index in [0.717, 1.165) is 6.08 Å². The van der Waals surface area contributed by atoms with Crippen LogP contribution in [0.1, 0.15) is 20.8 Å². The molecular formula is C9H16N2O3. The van der Waals surface area contributed by atoms with Crippen molar-refractivity contribution in [3.8, 4) is 0 Å². The number of nitrogens with zero attached hydrogens (tertiary/aromatic N) is 1. The molecule has 0 saturated carbocycles. The molecule has 14 heavy (non-hydrogen) atoms. The second kappa shape index (κ2) is 4.32. The van der Waals surface area contributed by atoms with E-state index in [4.69, 9.17) is 15.4 Å². The molecule has 80 valence electrons. The number of ether oxygens (including phenoxy) is 1. The van der Waals surface area contributed by atoms with Crippen molar-refractivity contribution in [3.63, 3.8) is 0 Å². The molecule has 0 aromatic rings. The Labute approximate surface area is 83.3 Å². The first kappa shape index (κ1) is 12.8. The van der Waals surface area contributed by atoms with Crippen LogP contribution in [0.15, 0.2) is 17.8 Å². The van der Waals surface area contributed by atoms with Crippen LogP contribution in [0, 0.1) is 10.9 Å². The molecule has 0 bridgehead atoms. The number of carbonyl (C=O) groups is 1. The van der Waals surface area contributed by atoms with Crippen LogP contribution < -0.4 is 0 Å². The summed E-state index contributed by atoms with van der Waals surface area (Å²) in [4.78, 5) is 11.0. The number of rotatable bonds is 4. The van der Waals surface area contributed by atoms with Gasteiger partial charge in [-0.3, -0.25) is 0 Å². The van der Waals surface area contributed by atoms with Crippen molar-refractivity contribution in [2.75, 3.05) is 6.61 Å². The minimum absolute atomic E-state index is 0.528. The molecular weight excluding hydrogens is 184 g/mol. The molecule has 0 aliphatic heterocycles. The molecule has 2 N–H and O–H groups in total. The van der Waals surface area contributed by atoms with Crippen LogP contribution in [0.5, 0.6) is 0 Å². The highest BCUT2D eigenvalue weighted by molar-refractivity contribution is 5.81. The summed E-state index contributed by atoms with van der Waals surface area (Å²) >= 11 is 0. The van der Waals surface area contributed by atoms with E-state index in [1.807, 2.05) is 0 Å². The van der Waals surface area contributed by atoms with Crippen LogP contribution >= 0.6 is 0 Å². The third kappa shape index (κ3) is 2.38. The fraction of sp³-hybridized carbons (Fsp3) is 0.667. The van der Waals surface area contributed by atoms with Gasteiger partial charge in [-0.2, -0.15) is 0 Å². The maximum absolute atomic E-state index is 11.0. The van der Waals surface area contributed by atoms with Crippen molar-refractivity contribution >= 4 is 5.97 Å². The summed E-state index contributed by atoms with van der Waals surface area (Å²) in [5.41, 5.74) is 4.81. The van der Waals surface area contributed by atoms with Gasteiger partial charge in [0, 0.05) is 11.5 Å². The summed E-state index contributed by atoms with van der Waals surface area (Å²) in [7, 11) is 0. The van der Waals surface area contributed by atoms with Crippen molar-refractivity contribution in [1.29, 1.82) is 5.53 Å². The Kier molecular flexibility index (Phi) is 3.94. The maximum atomic E-state index is 11.0. The second-order valence-electron chi connectivity index (χ2n) is 3.93. The van der Waals surface area contributed by atoms with Crippen molar-refractivity contribution < 1.29 is 14.6 Å². The van der Waals surface area contributed by atoms with Gasteiger partial charge in [-0.1, -0.05) is 27.4 Å². The number of esters is 1. The van der Waals surface area contributed by atoms with E-state index in [1.54, 1.807) is 20.8 Å². The fourth-order valence-corrected chi connectivity index (χ4v) is 0.856. The van der Waals surface area contributed by atoms with E-state index < -0.39 is 23.7 Å². The highest BCUT2D eigenvalue weighted by Crippen LogP contribution is 2.34. The standard InChI is InChI=1S/C9H16N2O3/c1-5-7(13)14-9(6-12,11-10)8(2,3)4/h5,10,12H,1,6H2,2-4H3. The lowest BCUT2D eigenvalue weighted by Crippen LogP contribution is -2.48. The number of carbonyl (C=O) groups excluding carboxylic acids is 1. The average Bonchev–Trinajstić information content (AvgIpc) is 2.11. The van der Waals surface area contributed by atoms with Gasteiger partial charge in [-0.15, -0.1) is 5.11 Å². The lowest BCUT2D eigenvalue weighted by molar-refractivity contribution is -0.175. The van der Waals surface area contributed by atoms with Gasteiger partial charge < -0.3 is 9.84 Å². The highest BCUT2D eigenvalue weighted by Gasteiger charge is 2.45. The van der Waals surface area contributed by atoms with Crippen LogP contribution in [0.3, 0.4) is 0 Å². The zero-order valence-corrected chi connectivity index (χ0v) is 8.70. The van der Waals surface area contributed by atoms with Crippen molar-refractivity contribution in [2.24, 2.45) is 10.5 Å². The van der Waals surface area contributed by atoms with Crippen LogP contribution in [-0.4, -0.2) is 23.4 Å². The lowest BCUT2D eigenvalue weighted by atomic mass is 9.84. The summed E-state index contributed by atoms with van der Waals surface area (Å²) in [6.07, 6.45) is 0.974. The van der Waals surface area contributed by atoms with E-state index in [9.17, 15) is 4.79 Å². The summed E-state index contributed by atoms with van der Waals surface area (Å²) < 4.78 is 4.89. The first-order valence-corrected chi connectivity index (χ1v) is 4.18. The molecule has 0 spiro atoms. The van der Waals surface area contributed by atoms with Gasteiger partial charge in [0.2, 0.25) is 5.72 Å². The molecule has 0 amide bonds. The topological polar surface area (TPSA) is 82.7 Å². The molecule has 0 aliphatic carbocycles. The Balaban J connectivity index is 4.99. The van der Waals surface area contributed by atoms with E-state index in [2.05, 4.69) is 11.7 Å². The SMILES string of the molecule is C=CC(=O)OC(CO)(N=N)C(C)(C)C. The van der Waals surface area contributed by atoms with Gasteiger partial charge in [0.1, 0.15) is 6.61 Å². The Bertz CT molecular complexity index is 245. The Morgan fingerprint density at radius 1 is 1.64 bits per heavy atom.